The zero-order valence-corrected chi connectivity index (χ0v) is 34.4. The molecule has 3 aromatic rings. The van der Waals surface area contributed by atoms with Crippen LogP contribution in [0.4, 0.5) is 0 Å². The van der Waals surface area contributed by atoms with Crippen molar-refractivity contribution >= 4 is 55.3 Å². The van der Waals surface area contributed by atoms with E-state index in [1.807, 2.05) is 14.2 Å². The van der Waals surface area contributed by atoms with Gasteiger partial charge in [0.15, 0.2) is 0 Å². The average molecular weight is 760 g/mol. The third kappa shape index (κ3) is 9.50. The van der Waals surface area contributed by atoms with E-state index in [1.54, 1.807) is 39.1 Å². The molecule has 44 heavy (non-hydrogen) atoms. The van der Waals surface area contributed by atoms with Crippen molar-refractivity contribution in [3.63, 3.8) is 0 Å². The molecule has 1 aliphatic heterocycles. The molecule has 0 fully saturated rings. The summed E-state index contributed by atoms with van der Waals surface area (Å²) in [6.45, 7) is 12.0. The molecule has 0 amide bonds. The van der Waals surface area contributed by atoms with Crippen LogP contribution in [0.3, 0.4) is 0 Å². The third-order valence-electron chi connectivity index (χ3n) is 10.6. The van der Waals surface area contributed by atoms with Gasteiger partial charge in [-0.25, -0.2) is 0 Å². The fraction of sp³-hybridized carbons (Fsp3) is 0.700. The summed E-state index contributed by atoms with van der Waals surface area (Å²) in [5.74, 6) is 1.34. The predicted octanol–water partition coefficient (Wildman–Crippen LogP) is 15.2. The van der Waals surface area contributed by atoms with Gasteiger partial charge in [-0.15, -0.1) is 0 Å². The molecule has 4 heterocycles. The van der Waals surface area contributed by atoms with Crippen LogP contribution in [-0.2, 0) is 0 Å². The van der Waals surface area contributed by atoms with Crippen molar-refractivity contribution in [2.24, 2.45) is 0 Å². The summed E-state index contributed by atoms with van der Waals surface area (Å²) >= 11 is 3.91. The van der Waals surface area contributed by atoms with E-state index in [-0.39, 0.29) is 0 Å². The van der Waals surface area contributed by atoms with Crippen molar-refractivity contribution < 1.29 is 0 Å². The summed E-state index contributed by atoms with van der Waals surface area (Å²) in [5, 5.41) is 2.41. The summed E-state index contributed by atoms with van der Waals surface area (Å²) in [6.07, 6.45) is 25.1. The van der Waals surface area contributed by atoms with E-state index in [4.69, 9.17) is 0 Å². The number of unbranched alkanes of at least 4 members (excludes halogenated alkanes) is 11. The van der Waals surface area contributed by atoms with Gasteiger partial charge in [-0.3, -0.25) is 0 Å². The molecule has 4 rings (SSSR count). The molecule has 0 aliphatic carbocycles. The molecule has 4 heteroatoms. The van der Waals surface area contributed by atoms with Gasteiger partial charge in [0.1, 0.15) is 0 Å². The van der Waals surface area contributed by atoms with Crippen LogP contribution in [-0.4, -0.2) is 18.4 Å². The van der Waals surface area contributed by atoms with Crippen molar-refractivity contribution in [1.82, 2.24) is 0 Å². The Morgan fingerprint density at radius 1 is 0.523 bits per heavy atom. The van der Waals surface area contributed by atoms with Crippen LogP contribution in [0.1, 0.15) is 173 Å². The molecule has 0 aromatic carbocycles. The number of hydrogen-bond donors (Lipinski definition) is 0. The molecule has 2 unspecified atom stereocenters. The van der Waals surface area contributed by atoms with Gasteiger partial charge in [-0.1, -0.05) is 0 Å². The van der Waals surface area contributed by atoms with Crippen LogP contribution in [0.2, 0.25) is 13.3 Å². The molecule has 0 N–H and O–H groups in total. The second-order valence-corrected chi connectivity index (χ2v) is 31.2. The molecular weight excluding hydrogens is 695 g/mol. The average Bonchev–Trinajstić information content (AvgIpc) is 3.81. The summed E-state index contributed by atoms with van der Waals surface area (Å²) in [6, 6.07) is 10.5. The van der Waals surface area contributed by atoms with Crippen molar-refractivity contribution in [1.29, 1.82) is 0 Å². The van der Waals surface area contributed by atoms with Crippen molar-refractivity contribution in [3.8, 4) is 19.5 Å². The van der Waals surface area contributed by atoms with Gasteiger partial charge in [0, 0.05) is 0 Å². The van der Waals surface area contributed by atoms with Gasteiger partial charge in [-0.05, 0) is 0 Å². The SMILES string of the molecule is CCCCCCCC1c2ccsc2-c2ccc(s2)-c2s[c]([Sn]([CH2]CCC)([CH2]CCC)[CH2]CCC)cc2C1CCCCCCC. The minimum atomic E-state index is -2.54. The van der Waals surface area contributed by atoms with Gasteiger partial charge in [-0.2, -0.15) is 0 Å². The van der Waals surface area contributed by atoms with Crippen LogP contribution in [0, 0.1) is 0 Å². The van der Waals surface area contributed by atoms with E-state index in [2.05, 4.69) is 86.9 Å². The quantitative estimate of drug-likeness (QED) is 0.0707. The van der Waals surface area contributed by atoms with Crippen molar-refractivity contribution in [3.05, 3.63) is 40.8 Å². The molecule has 246 valence electrons. The zero-order valence-electron chi connectivity index (χ0n) is 29.1. The van der Waals surface area contributed by atoms with E-state index in [9.17, 15) is 0 Å². The molecule has 2 bridgehead atoms. The summed E-state index contributed by atoms with van der Waals surface area (Å²) in [4.78, 5) is 6.40. The Morgan fingerprint density at radius 3 is 1.57 bits per heavy atom. The van der Waals surface area contributed by atoms with Gasteiger partial charge in [0.25, 0.3) is 0 Å². The Balaban J connectivity index is 1.82. The molecule has 0 saturated carbocycles. The first kappa shape index (κ1) is 36.7. The summed E-state index contributed by atoms with van der Waals surface area (Å²) in [5.41, 5.74) is 3.48. The molecule has 0 nitrogen and oxygen atoms in total. The van der Waals surface area contributed by atoms with Crippen molar-refractivity contribution in [2.75, 3.05) is 0 Å². The molecule has 2 atom stereocenters. The second kappa shape index (κ2) is 19.7. The number of thiophene rings is 3. The summed E-state index contributed by atoms with van der Waals surface area (Å²) < 4.78 is 6.70. The molecular formula is C40H64S3Sn. The molecule has 0 radical (unpaired) electrons. The number of rotatable bonds is 22. The standard InChI is InChI=1S/C28H37S3.3C4H9.Sn/c1-3-5-7-9-11-13-21-22(14-12-10-8-6-4-2)24-18-20-30-28(24)26-16-15-25(31-26)27-23(21)17-19-29-27;3*1-3-4-2;/h15-19,21-22H,3-14H2,1-2H3;3*1,3-4H2,2H3;. The maximum absolute atomic E-state index is 2.93. The zero-order chi connectivity index (χ0) is 31.2. The van der Waals surface area contributed by atoms with Crippen LogP contribution in [0.25, 0.3) is 19.5 Å². The first-order chi connectivity index (χ1) is 21.6. The van der Waals surface area contributed by atoms with Crippen LogP contribution in [0.15, 0.2) is 29.6 Å². The normalized spacial score (nSPS) is 16.4. The molecule has 3 aromatic heterocycles. The van der Waals surface area contributed by atoms with Gasteiger partial charge < -0.3 is 0 Å². The Morgan fingerprint density at radius 2 is 1.02 bits per heavy atom. The first-order valence-electron chi connectivity index (χ1n) is 18.9. The van der Waals surface area contributed by atoms with E-state index in [0.717, 1.165) is 0 Å². The van der Waals surface area contributed by atoms with E-state index < -0.39 is 18.4 Å². The van der Waals surface area contributed by atoms with Crippen LogP contribution < -0.4 is 2.89 Å². The molecule has 0 saturated heterocycles. The number of hydrogen-bond acceptors (Lipinski definition) is 3. The fourth-order valence-electron chi connectivity index (χ4n) is 7.90. The number of fused-ring (bicyclic) bond motifs is 6. The Labute approximate surface area is 288 Å². The maximum atomic E-state index is 2.93. The Hall–Kier alpha value is -0.101. The Bertz CT molecular complexity index is 1180. The second-order valence-electron chi connectivity index (χ2n) is 14.0. The molecule has 1 aliphatic rings. The van der Waals surface area contributed by atoms with E-state index in [1.165, 1.54) is 120 Å². The summed E-state index contributed by atoms with van der Waals surface area (Å²) in [7, 11) is 0. The monoisotopic (exact) mass is 760 g/mol. The van der Waals surface area contributed by atoms with Crippen molar-refractivity contribution in [2.45, 2.75) is 175 Å². The minimum absolute atomic E-state index is 0.665. The van der Waals surface area contributed by atoms with E-state index in [0.29, 0.717) is 11.8 Å². The third-order valence-corrected chi connectivity index (χ3v) is 32.3. The van der Waals surface area contributed by atoms with Crippen LogP contribution in [0.5, 0.6) is 0 Å². The topological polar surface area (TPSA) is 0 Å². The fourth-order valence-corrected chi connectivity index (χ4v) is 30.5. The van der Waals surface area contributed by atoms with E-state index >= 15 is 0 Å². The molecule has 0 spiro atoms. The van der Waals surface area contributed by atoms with Gasteiger partial charge in [0.05, 0.1) is 0 Å². The van der Waals surface area contributed by atoms with Gasteiger partial charge >= 0.3 is 291 Å². The predicted molar refractivity (Wildman–Crippen MR) is 208 cm³/mol. The first-order valence-corrected chi connectivity index (χ1v) is 28.9. The van der Waals surface area contributed by atoms with Gasteiger partial charge in [0.2, 0.25) is 0 Å². The van der Waals surface area contributed by atoms with Crippen LogP contribution >= 0.6 is 34.0 Å². The Kier molecular flexibility index (Phi) is 16.4.